The van der Waals surface area contributed by atoms with Crippen LogP contribution in [0.25, 0.3) is 0 Å². The van der Waals surface area contributed by atoms with Crippen molar-refractivity contribution in [3.05, 3.63) is 29.3 Å². The lowest BCUT2D eigenvalue weighted by Crippen LogP contribution is -2.30. The van der Waals surface area contributed by atoms with Crippen LogP contribution in [-0.2, 0) is 4.79 Å². The second-order valence-corrected chi connectivity index (χ2v) is 5.44. The van der Waals surface area contributed by atoms with Crippen LogP contribution < -0.4 is 10.6 Å². The minimum absolute atomic E-state index is 0. The number of benzene rings is 1. The Morgan fingerprint density at radius 2 is 1.62 bits per heavy atom. The Morgan fingerprint density at radius 3 is 2.14 bits per heavy atom. The van der Waals surface area contributed by atoms with Gasteiger partial charge in [0.1, 0.15) is 0 Å². The molecule has 120 valence electrons. The highest BCUT2D eigenvalue weighted by atomic mass is 35.5. The number of nitrogens with two attached hydrogens (primary N) is 1. The fourth-order valence-electron chi connectivity index (χ4n) is 2.52. The molecule has 0 fully saturated rings. The van der Waals surface area contributed by atoms with E-state index in [1.807, 2.05) is 11.8 Å². The van der Waals surface area contributed by atoms with E-state index >= 15 is 0 Å². The van der Waals surface area contributed by atoms with E-state index in [0.717, 1.165) is 44.5 Å². The van der Waals surface area contributed by atoms with Crippen LogP contribution in [0.1, 0.15) is 50.2 Å². The highest BCUT2D eigenvalue weighted by Crippen LogP contribution is 2.20. The first kappa shape index (κ1) is 19.9. The first-order valence-corrected chi connectivity index (χ1v) is 7.67. The minimum Gasteiger partial charge on any atom is -0.330 e. The molecule has 21 heavy (non-hydrogen) atoms. The molecule has 0 aromatic heterocycles. The Hall–Kier alpha value is -1.06. The van der Waals surface area contributed by atoms with Crippen LogP contribution in [-0.4, -0.2) is 19.0 Å². The average Bonchev–Trinajstić information content (AvgIpc) is 2.38. The molecule has 0 unspecified atom stereocenters. The van der Waals surface area contributed by atoms with Crippen molar-refractivity contribution in [1.29, 1.82) is 0 Å². The molecule has 0 radical (unpaired) electrons. The van der Waals surface area contributed by atoms with Gasteiger partial charge in [0.25, 0.3) is 0 Å². The van der Waals surface area contributed by atoms with Crippen molar-refractivity contribution in [3.63, 3.8) is 0 Å². The Morgan fingerprint density at radius 1 is 1.05 bits per heavy atom. The highest BCUT2D eigenvalue weighted by molar-refractivity contribution is 5.93. The fraction of sp³-hybridized carbons (Fsp3) is 0.588. The second-order valence-electron chi connectivity index (χ2n) is 5.44. The lowest BCUT2D eigenvalue weighted by atomic mass is 10.1. The number of anilines is 1. The van der Waals surface area contributed by atoms with Gasteiger partial charge in [0.15, 0.2) is 0 Å². The van der Waals surface area contributed by atoms with Gasteiger partial charge in [-0.1, -0.05) is 18.9 Å². The molecule has 4 heteroatoms. The molecule has 0 heterocycles. The number of halogens is 1. The minimum atomic E-state index is 0. The quantitative estimate of drug-likeness (QED) is 0.738. The van der Waals surface area contributed by atoms with Crippen molar-refractivity contribution >= 4 is 24.0 Å². The predicted octanol–water partition coefficient (Wildman–Crippen LogP) is 3.99. The van der Waals surface area contributed by atoms with Crippen LogP contribution in [0, 0.1) is 13.8 Å². The first-order chi connectivity index (χ1) is 9.58. The van der Waals surface area contributed by atoms with E-state index in [1.165, 1.54) is 11.1 Å². The Labute approximate surface area is 135 Å². The topological polar surface area (TPSA) is 46.3 Å². The third-order valence-electron chi connectivity index (χ3n) is 3.48. The summed E-state index contributed by atoms with van der Waals surface area (Å²) in [5.74, 6) is 0.227. The summed E-state index contributed by atoms with van der Waals surface area (Å²) in [6, 6.07) is 6.31. The summed E-state index contributed by atoms with van der Waals surface area (Å²) in [6.07, 6.45) is 4.86. The van der Waals surface area contributed by atoms with Crippen LogP contribution >= 0.6 is 12.4 Å². The van der Waals surface area contributed by atoms with Gasteiger partial charge in [0.2, 0.25) is 5.91 Å². The van der Waals surface area contributed by atoms with Crippen molar-refractivity contribution in [1.82, 2.24) is 0 Å². The van der Waals surface area contributed by atoms with E-state index in [4.69, 9.17) is 5.73 Å². The molecule has 0 aliphatic carbocycles. The summed E-state index contributed by atoms with van der Waals surface area (Å²) >= 11 is 0. The third kappa shape index (κ3) is 6.96. The fourth-order valence-corrected chi connectivity index (χ4v) is 2.52. The van der Waals surface area contributed by atoms with Gasteiger partial charge in [0.05, 0.1) is 0 Å². The molecule has 0 atom stereocenters. The first-order valence-electron chi connectivity index (χ1n) is 7.67. The zero-order chi connectivity index (χ0) is 15.0. The summed E-state index contributed by atoms with van der Waals surface area (Å²) in [4.78, 5) is 14.2. The molecular weight excluding hydrogens is 284 g/mol. The Bertz CT molecular complexity index is 415. The van der Waals surface area contributed by atoms with Gasteiger partial charge in [-0.3, -0.25) is 4.79 Å². The normalized spacial score (nSPS) is 10.1. The molecule has 3 nitrogen and oxygen atoms in total. The molecule has 0 saturated heterocycles. The molecule has 1 aromatic rings. The van der Waals surface area contributed by atoms with Crippen molar-refractivity contribution in [2.75, 3.05) is 18.0 Å². The maximum absolute atomic E-state index is 12.3. The zero-order valence-electron chi connectivity index (χ0n) is 13.5. The summed E-state index contributed by atoms with van der Waals surface area (Å²) in [5, 5.41) is 0. The average molecular weight is 313 g/mol. The van der Waals surface area contributed by atoms with E-state index in [-0.39, 0.29) is 18.3 Å². The molecule has 0 bridgehead atoms. The number of carbonyl (C=O) groups is 1. The smallest absolute Gasteiger partial charge is 0.226 e. The number of amides is 1. The lowest BCUT2D eigenvalue weighted by Gasteiger charge is -2.22. The number of unbranched alkanes of at least 4 members (excludes halogenated alkanes) is 3. The number of rotatable bonds is 8. The number of aryl methyl sites for hydroxylation is 2. The molecule has 0 aliphatic heterocycles. The number of carbonyl (C=O) groups excluding carboxylic acids is 1. The van der Waals surface area contributed by atoms with E-state index in [0.29, 0.717) is 6.42 Å². The van der Waals surface area contributed by atoms with Crippen LogP contribution in [0.3, 0.4) is 0 Å². The van der Waals surface area contributed by atoms with Crippen LogP contribution in [0.4, 0.5) is 5.69 Å². The molecular formula is C17H29ClN2O. The van der Waals surface area contributed by atoms with E-state index < -0.39 is 0 Å². The maximum Gasteiger partial charge on any atom is 0.226 e. The SMILES string of the molecule is CCN(C(=O)CCCCCCN)c1cc(C)cc(C)c1.Cl. The van der Waals surface area contributed by atoms with Gasteiger partial charge in [-0.25, -0.2) is 0 Å². The molecule has 0 saturated carbocycles. The van der Waals surface area contributed by atoms with Crippen molar-refractivity contribution in [2.45, 2.75) is 52.9 Å². The summed E-state index contributed by atoms with van der Waals surface area (Å²) in [5.41, 5.74) is 8.90. The molecule has 1 amide bonds. The standard InChI is InChI=1S/C17H28N2O.ClH/c1-4-19(16-12-14(2)11-15(3)13-16)17(20)9-7-5-6-8-10-18;/h11-13H,4-10,18H2,1-3H3;1H. The van der Waals surface area contributed by atoms with Crippen LogP contribution in [0.2, 0.25) is 0 Å². The van der Waals surface area contributed by atoms with Crippen molar-refractivity contribution in [2.24, 2.45) is 5.73 Å². The number of nitrogens with zero attached hydrogens (tertiary/aromatic N) is 1. The van der Waals surface area contributed by atoms with E-state index in [1.54, 1.807) is 0 Å². The second kappa shape index (κ2) is 10.6. The van der Waals surface area contributed by atoms with Gasteiger partial charge in [-0.15, -0.1) is 12.4 Å². The molecule has 0 aliphatic rings. The molecule has 1 aromatic carbocycles. The van der Waals surface area contributed by atoms with Gasteiger partial charge < -0.3 is 10.6 Å². The zero-order valence-corrected chi connectivity index (χ0v) is 14.3. The van der Waals surface area contributed by atoms with Gasteiger partial charge >= 0.3 is 0 Å². The highest BCUT2D eigenvalue weighted by Gasteiger charge is 2.13. The number of hydrogen-bond acceptors (Lipinski definition) is 2. The molecule has 0 spiro atoms. The van der Waals surface area contributed by atoms with Crippen LogP contribution in [0.15, 0.2) is 18.2 Å². The van der Waals surface area contributed by atoms with Gasteiger partial charge in [0, 0.05) is 18.7 Å². The maximum atomic E-state index is 12.3. The monoisotopic (exact) mass is 312 g/mol. The molecule has 1 rings (SSSR count). The lowest BCUT2D eigenvalue weighted by molar-refractivity contribution is -0.118. The largest absolute Gasteiger partial charge is 0.330 e. The molecule has 2 N–H and O–H groups in total. The van der Waals surface area contributed by atoms with Gasteiger partial charge in [-0.05, 0) is 63.4 Å². The Balaban J connectivity index is 0.00000400. The summed E-state index contributed by atoms with van der Waals surface area (Å²) in [6.45, 7) is 7.65. The van der Waals surface area contributed by atoms with Crippen molar-refractivity contribution in [3.8, 4) is 0 Å². The van der Waals surface area contributed by atoms with Crippen LogP contribution in [0.5, 0.6) is 0 Å². The predicted molar refractivity (Wildman–Crippen MR) is 93.3 cm³/mol. The van der Waals surface area contributed by atoms with Gasteiger partial charge in [-0.2, -0.15) is 0 Å². The van der Waals surface area contributed by atoms with E-state index in [9.17, 15) is 4.79 Å². The summed E-state index contributed by atoms with van der Waals surface area (Å²) < 4.78 is 0. The third-order valence-corrected chi connectivity index (χ3v) is 3.48. The summed E-state index contributed by atoms with van der Waals surface area (Å²) in [7, 11) is 0. The Kier molecular flexibility index (Phi) is 10.1. The number of hydrogen-bond donors (Lipinski definition) is 1. The van der Waals surface area contributed by atoms with Crippen molar-refractivity contribution < 1.29 is 4.79 Å². The van der Waals surface area contributed by atoms with E-state index in [2.05, 4.69) is 32.0 Å².